The number of furan rings is 1. The maximum atomic E-state index is 12.4. The lowest BCUT2D eigenvalue weighted by atomic mass is 10.1. The summed E-state index contributed by atoms with van der Waals surface area (Å²) in [6, 6.07) is 14.4. The third kappa shape index (κ3) is 5.63. The predicted molar refractivity (Wildman–Crippen MR) is 125 cm³/mol. The summed E-state index contributed by atoms with van der Waals surface area (Å²) in [7, 11) is 0. The van der Waals surface area contributed by atoms with Gasteiger partial charge in [-0.2, -0.15) is 0 Å². The number of anilines is 1. The maximum absolute atomic E-state index is 12.4. The number of amides is 2. The van der Waals surface area contributed by atoms with Crippen LogP contribution in [0, 0.1) is 0 Å². The minimum atomic E-state index is -0.316. The molecule has 0 saturated carbocycles. The smallest absolute Gasteiger partial charge is 0.291 e. The SMILES string of the molecule is CCOc1cc2c(cc1/C=C/C(=O)NCc1ccc(NC(=O)c3ccco3)cc1)OC(C)C2. The molecule has 0 bridgehead atoms. The summed E-state index contributed by atoms with van der Waals surface area (Å²) < 4.78 is 16.7. The van der Waals surface area contributed by atoms with E-state index in [2.05, 4.69) is 10.6 Å². The van der Waals surface area contributed by atoms with E-state index in [0.29, 0.717) is 18.8 Å². The Morgan fingerprint density at radius 1 is 1.18 bits per heavy atom. The minimum absolute atomic E-state index is 0.141. The van der Waals surface area contributed by atoms with Crippen LogP contribution in [0.2, 0.25) is 0 Å². The average Bonchev–Trinajstić information content (AvgIpc) is 3.46. The van der Waals surface area contributed by atoms with Crippen molar-refractivity contribution in [3.8, 4) is 11.5 Å². The molecule has 0 fully saturated rings. The van der Waals surface area contributed by atoms with Gasteiger partial charge in [0.05, 0.1) is 12.9 Å². The molecule has 3 aromatic rings. The number of ether oxygens (including phenoxy) is 2. The summed E-state index contributed by atoms with van der Waals surface area (Å²) in [4.78, 5) is 24.4. The number of nitrogens with one attached hydrogen (secondary N) is 2. The number of hydrogen-bond donors (Lipinski definition) is 2. The number of carbonyl (C=O) groups is 2. The van der Waals surface area contributed by atoms with Crippen molar-refractivity contribution in [2.75, 3.05) is 11.9 Å². The van der Waals surface area contributed by atoms with Crippen molar-refractivity contribution >= 4 is 23.6 Å². The fraction of sp³-hybridized carbons (Fsp3) is 0.231. The summed E-state index contributed by atoms with van der Waals surface area (Å²) in [5.74, 6) is 1.29. The molecule has 0 saturated heterocycles. The molecule has 1 aliphatic rings. The fourth-order valence-electron chi connectivity index (χ4n) is 3.59. The second-order valence-corrected chi connectivity index (χ2v) is 7.74. The zero-order valence-electron chi connectivity index (χ0n) is 18.6. The summed E-state index contributed by atoms with van der Waals surface area (Å²) in [6.07, 6.45) is 5.67. The van der Waals surface area contributed by atoms with E-state index < -0.39 is 0 Å². The highest BCUT2D eigenvalue weighted by atomic mass is 16.5. The Bertz CT molecular complexity index is 1150. The Hall–Kier alpha value is -4.00. The molecule has 170 valence electrons. The zero-order chi connectivity index (χ0) is 23.2. The third-order valence-electron chi connectivity index (χ3n) is 5.17. The van der Waals surface area contributed by atoms with Gasteiger partial charge < -0.3 is 24.5 Å². The Kier molecular flexibility index (Phi) is 6.78. The summed E-state index contributed by atoms with van der Waals surface area (Å²) in [5.41, 5.74) is 3.47. The molecule has 1 unspecified atom stereocenters. The third-order valence-corrected chi connectivity index (χ3v) is 5.17. The molecule has 2 aromatic carbocycles. The summed E-state index contributed by atoms with van der Waals surface area (Å²) >= 11 is 0. The molecule has 2 N–H and O–H groups in total. The standard InChI is InChI=1S/C26H26N2O5/c1-3-31-23-15-20-13-17(2)33-24(20)14-19(23)8-11-25(29)27-16-18-6-9-21(10-7-18)28-26(30)22-5-4-12-32-22/h4-12,14-15,17H,3,13,16H2,1-2H3,(H,27,29)(H,28,30)/b11-8+. The highest BCUT2D eigenvalue weighted by Crippen LogP contribution is 2.35. The summed E-state index contributed by atoms with van der Waals surface area (Å²) in [6.45, 7) is 4.86. The van der Waals surface area contributed by atoms with Crippen LogP contribution in [0.25, 0.3) is 6.08 Å². The van der Waals surface area contributed by atoms with Crippen LogP contribution in [0.5, 0.6) is 11.5 Å². The van der Waals surface area contributed by atoms with Gasteiger partial charge in [-0.3, -0.25) is 9.59 Å². The maximum Gasteiger partial charge on any atom is 0.291 e. The van der Waals surface area contributed by atoms with Gasteiger partial charge in [0.2, 0.25) is 5.91 Å². The van der Waals surface area contributed by atoms with Gasteiger partial charge in [-0.05, 0) is 61.9 Å². The average molecular weight is 447 g/mol. The normalized spacial score (nSPS) is 14.5. The highest BCUT2D eigenvalue weighted by Gasteiger charge is 2.21. The summed E-state index contributed by atoms with van der Waals surface area (Å²) in [5, 5.41) is 5.62. The monoisotopic (exact) mass is 446 g/mol. The first-order chi connectivity index (χ1) is 16.0. The largest absolute Gasteiger partial charge is 0.493 e. The number of carbonyl (C=O) groups excluding carboxylic acids is 2. The molecule has 2 amide bonds. The van der Waals surface area contributed by atoms with Gasteiger partial charge in [0.1, 0.15) is 17.6 Å². The van der Waals surface area contributed by atoms with E-state index >= 15 is 0 Å². The Morgan fingerprint density at radius 2 is 2.00 bits per heavy atom. The molecular formula is C26H26N2O5. The van der Waals surface area contributed by atoms with Gasteiger partial charge in [0.15, 0.2) is 5.76 Å². The van der Waals surface area contributed by atoms with Gasteiger partial charge in [-0.25, -0.2) is 0 Å². The van der Waals surface area contributed by atoms with Crippen molar-refractivity contribution in [1.82, 2.24) is 5.32 Å². The van der Waals surface area contributed by atoms with Crippen LogP contribution in [0.1, 0.15) is 41.1 Å². The van der Waals surface area contributed by atoms with Crippen molar-refractivity contribution in [3.63, 3.8) is 0 Å². The molecule has 7 nitrogen and oxygen atoms in total. The number of fused-ring (bicyclic) bond motifs is 1. The van der Waals surface area contributed by atoms with E-state index in [1.165, 1.54) is 12.3 Å². The molecule has 7 heteroatoms. The van der Waals surface area contributed by atoms with E-state index in [9.17, 15) is 9.59 Å². The first-order valence-corrected chi connectivity index (χ1v) is 10.9. The van der Waals surface area contributed by atoms with Gasteiger partial charge in [-0.1, -0.05) is 12.1 Å². The van der Waals surface area contributed by atoms with Crippen LogP contribution in [-0.4, -0.2) is 24.5 Å². The Balaban J connectivity index is 1.33. The van der Waals surface area contributed by atoms with Crippen LogP contribution in [-0.2, 0) is 17.8 Å². The Labute approximate surface area is 192 Å². The van der Waals surface area contributed by atoms with Crippen LogP contribution >= 0.6 is 0 Å². The number of benzene rings is 2. The second kappa shape index (κ2) is 10.1. The predicted octanol–water partition coefficient (Wildman–Crippen LogP) is 4.58. The van der Waals surface area contributed by atoms with Crippen molar-refractivity contribution in [1.29, 1.82) is 0 Å². The number of hydrogen-bond acceptors (Lipinski definition) is 5. The van der Waals surface area contributed by atoms with Crippen molar-refractivity contribution in [2.24, 2.45) is 0 Å². The van der Waals surface area contributed by atoms with E-state index in [0.717, 1.165) is 34.6 Å². The number of rotatable bonds is 8. The quantitative estimate of drug-likeness (QED) is 0.494. The molecule has 2 heterocycles. The minimum Gasteiger partial charge on any atom is -0.493 e. The van der Waals surface area contributed by atoms with Crippen molar-refractivity contribution in [2.45, 2.75) is 32.9 Å². The van der Waals surface area contributed by atoms with E-state index in [-0.39, 0.29) is 23.7 Å². The molecule has 1 aromatic heterocycles. The van der Waals surface area contributed by atoms with Crippen LogP contribution in [0.4, 0.5) is 5.69 Å². The van der Waals surface area contributed by atoms with Crippen molar-refractivity contribution < 1.29 is 23.5 Å². The first-order valence-electron chi connectivity index (χ1n) is 10.9. The van der Waals surface area contributed by atoms with E-state index in [1.807, 2.05) is 38.1 Å². The van der Waals surface area contributed by atoms with Gasteiger partial charge in [0, 0.05) is 35.9 Å². The lowest BCUT2D eigenvalue weighted by Gasteiger charge is -2.10. The Morgan fingerprint density at radius 3 is 2.73 bits per heavy atom. The van der Waals surface area contributed by atoms with Gasteiger partial charge in [-0.15, -0.1) is 0 Å². The van der Waals surface area contributed by atoms with Crippen LogP contribution < -0.4 is 20.1 Å². The second-order valence-electron chi connectivity index (χ2n) is 7.74. The van der Waals surface area contributed by atoms with E-state index in [1.54, 1.807) is 30.3 Å². The zero-order valence-corrected chi connectivity index (χ0v) is 18.6. The van der Waals surface area contributed by atoms with Gasteiger partial charge in [0.25, 0.3) is 5.91 Å². The molecule has 0 aliphatic carbocycles. The molecule has 4 rings (SSSR count). The van der Waals surface area contributed by atoms with Gasteiger partial charge >= 0.3 is 0 Å². The molecule has 1 atom stereocenters. The lowest BCUT2D eigenvalue weighted by Crippen LogP contribution is -2.20. The molecule has 33 heavy (non-hydrogen) atoms. The van der Waals surface area contributed by atoms with Crippen molar-refractivity contribution in [3.05, 3.63) is 83.3 Å². The van der Waals surface area contributed by atoms with Crippen LogP contribution in [0.3, 0.4) is 0 Å². The topological polar surface area (TPSA) is 89.8 Å². The molecular weight excluding hydrogens is 420 g/mol. The van der Waals surface area contributed by atoms with E-state index in [4.69, 9.17) is 13.9 Å². The molecule has 0 radical (unpaired) electrons. The highest BCUT2D eigenvalue weighted by molar-refractivity contribution is 6.02. The molecule has 0 spiro atoms. The first kappa shape index (κ1) is 22.2. The lowest BCUT2D eigenvalue weighted by molar-refractivity contribution is -0.116. The molecule has 1 aliphatic heterocycles. The fourth-order valence-corrected chi connectivity index (χ4v) is 3.59. The van der Waals surface area contributed by atoms with Crippen LogP contribution in [0.15, 0.2) is 65.3 Å².